The summed E-state index contributed by atoms with van der Waals surface area (Å²) in [6, 6.07) is 4.45. The fraction of sp³-hybridized carbons (Fsp3) is 0.571. The van der Waals surface area contributed by atoms with E-state index in [-0.39, 0.29) is 0 Å². The zero-order valence-electron chi connectivity index (χ0n) is 11.0. The summed E-state index contributed by atoms with van der Waals surface area (Å²) in [6.07, 6.45) is 5.67. The van der Waals surface area contributed by atoms with Crippen molar-refractivity contribution in [1.82, 2.24) is 4.98 Å². The Labute approximate surface area is 114 Å². The number of thiocarbonyl (C=S) groups is 1. The maximum Gasteiger partial charge on any atom is 0.122 e. The Morgan fingerprint density at radius 1 is 1.50 bits per heavy atom. The highest BCUT2D eigenvalue weighted by Crippen LogP contribution is 2.35. The Balaban J connectivity index is 2.00. The van der Waals surface area contributed by atoms with E-state index >= 15 is 0 Å². The maximum atomic E-state index is 5.53. The second kappa shape index (κ2) is 5.65. The molecular formula is C14H21N3S. The van der Waals surface area contributed by atoms with Gasteiger partial charge in [-0.3, -0.25) is 4.98 Å². The SMILES string of the molecule is CCC1CCC(Nc2ccc(C(N)=S)nc2)C1C. The summed E-state index contributed by atoms with van der Waals surface area (Å²) >= 11 is 4.89. The van der Waals surface area contributed by atoms with E-state index in [4.69, 9.17) is 18.0 Å². The summed E-state index contributed by atoms with van der Waals surface area (Å²) < 4.78 is 0. The van der Waals surface area contributed by atoms with Gasteiger partial charge < -0.3 is 11.1 Å². The number of hydrogen-bond acceptors (Lipinski definition) is 3. The van der Waals surface area contributed by atoms with Crippen molar-refractivity contribution >= 4 is 22.9 Å². The number of aromatic nitrogens is 1. The average molecular weight is 263 g/mol. The van der Waals surface area contributed by atoms with Crippen LogP contribution in [0.4, 0.5) is 5.69 Å². The molecule has 3 unspecified atom stereocenters. The van der Waals surface area contributed by atoms with Gasteiger partial charge in [0.25, 0.3) is 0 Å². The van der Waals surface area contributed by atoms with Gasteiger partial charge in [0.2, 0.25) is 0 Å². The van der Waals surface area contributed by atoms with Crippen molar-refractivity contribution in [3.8, 4) is 0 Å². The number of nitrogens with one attached hydrogen (secondary N) is 1. The molecule has 0 spiro atoms. The summed E-state index contributed by atoms with van der Waals surface area (Å²) in [7, 11) is 0. The quantitative estimate of drug-likeness (QED) is 0.820. The Morgan fingerprint density at radius 3 is 2.78 bits per heavy atom. The van der Waals surface area contributed by atoms with Crippen LogP contribution in [0.3, 0.4) is 0 Å². The molecule has 18 heavy (non-hydrogen) atoms. The fourth-order valence-corrected chi connectivity index (χ4v) is 2.99. The van der Waals surface area contributed by atoms with Gasteiger partial charge >= 0.3 is 0 Å². The molecule has 4 heteroatoms. The summed E-state index contributed by atoms with van der Waals surface area (Å²) in [5.41, 5.74) is 7.28. The van der Waals surface area contributed by atoms with Gasteiger partial charge in [0.05, 0.1) is 17.6 Å². The Bertz CT molecular complexity index is 416. The summed E-state index contributed by atoms with van der Waals surface area (Å²) in [5.74, 6) is 1.58. The molecule has 0 aromatic carbocycles. The van der Waals surface area contributed by atoms with Crippen molar-refractivity contribution in [3.05, 3.63) is 24.0 Å². The van der Waals surface area contributed by atoms with Gasteiger partial charge in [0.15, 0.2) is 0 Å². The molecule has 0 aliphatic heterocycles. The molecule has 0 saturated heterocycles. The third kappa shape index (κ3) is 2.80. The molecule has 0 radical (unpaired) electrons. The predicted octanol–water partition coefficient (Wildman–Crippen LogP) is 2.95. The molecule has 1 aromatic rings. The zero-order chi connectivity index (χ0) is 13.1. The lowest BCUT2D eigenvalue weighted by molar-refractivity contribution is 0.392. The van der Waals surface area contributed by atoms with Crippen LogP contribution in [0.2, 0.25) is 0 Å². The van der Waals surface area contributed by atoms with E-state index in [1.165, 1.54) is 19.3 Å². The van der Waals surface area contributed by atoms with E-state index in [0.29, 0.717) is 16.7 Å². The van der Waals surface area contributed by atoms with Gasteiger partial charge in [-0.05, 0) is 36.8 Å². The molecule has 0 bridgehead atoms. The third-order valence-electron chi connectivity index (χ3n) is 4.12. The largest absolute Gasteiger partial charge is 0.388 e. The number of nitrogens with two attached hydrogens (primary N) is 1. The molecule has 0 amide bonds. The Hall–Kier alpha value is -1.16. The molecule has 1 heterocycles. The van der Waals surface area contributed by atoms with Crippen LogP contribution in [-0.2, 0) is 0 Å². The van der Waals surface area contributed by atoms with Crippen LogP contribution in [0, 0.1) is 11.8 Å². The van der Waals surface area contributed by atoms with Gasteiger partial charge in [0.1, 0.15) is 4.99 Å². The highest BCUT2D eigenvalue weighted by atomic mass is 32.1. The topological polar surface area (TPSA) is 50.9 Å². The van der Waals surface area contributed by atoms with E-state index < -0.39 is 0 Å². The van der Waals surface area contributed by atoms with E-state index in [1.54, 1.807) is 0 Å². The molecule has 3 nitrogen and oxygen atoms in total. The fourth-order valence-electron chi connectivity index (χ4n) is 2.87. The van der Waals surface area contributed by atoms with E-state index in [1.807, 2.05) is 18.3 Å². The highest BCUT2D eigenvalue weighted by Gasteiger charge is 2.31. The van der Waals surface area contributed by atoms with E-state index in [2.05, 4.69) is 24.1 Å². The first-order chi connectivity index (χ1) is 8.61. The van der Waals surface area contributed by atoms with Crippen LogP contribution < -0.4 is 11.1 Å². The molecule has 1 fully saturated rings. The minimum atomic E-state index is 0.349. The van der Waals surface area contributed by atoms with Crippen LogP contribution >= 0.6 is 12.2 Å². The second-order valence-electron chi connectivity index (χ2n) is 5.15. The van der Waals surface area contributed by atoms with Crippen LogP contribution in [0.1, 0.15) is 38.8 Å². The van der Waals surface area contributed by atoms with Crippen LogP contribution in [0.5, 0.6) is 0 Å². The summed E-state index contributed by atoms with van der Waals surface area (Å²) in [5, 5.41) is 3.57. The zero-order valence-corrected chi connectivity index (χ0v) is 11.8. The van der Waals surface area contributed by atoms with Crippen molar-refractivity contribution < 1.29 is 0 Å². The number of anilines is 1. The number of rotatable bonds is 4. The van der Waals surface area contributed by atoms with Crippen molar-refractivity contribution in [2.45, 2.75) is 39.2 Å². The van der Waals surface area contributed by atoms with Gasteiger partial charge in [0, 0.05) is 6.04 Å². The number of nitrogens with zero attached hydrogens (tertiary/aromatic N) is 1. The molecule has 1 aliphatic rings. The molecule has 3 N–H and O–H groups in total. The van der Waals surface area contributed by atoms with Gasteiger partial charge in [-0.1, -0.05) is 32.5 Å². The standard InChI is InChI=1S/C14H21N3S/c1-3-10-4-6-12(9(10)2)17-11-5-7-13(14(15)18)16-8-11/h5,7-10,12,17H,3-4,6H2,1-2H3,(H2,15,18). The van der Waals surface area contributed by atoms with Gasteiger partial charge in [-0.2, -0.15) is 0 Å². The Morgan fingerprint density at radius 2 is 2.28 bits per heavy atom. The van der Waals surface area contributed by atoms with Crippen molar-refractivity contribution in [3.63, 3.8) is 0 Å². The van der Waals surface area contributed by atoms with Crippen molar-refractivity contribution in [2.75, 3.05) is 5.32 Å². The van der Waals surface area contributed by atoms with Crippen LogP contribution in [0.25, 0.3) is 0 Å². The normalized spacial score (nSPS) is 27.1. The van der Waals surface area contributed by atoms with Gasteiger partial charge in [-0.25, -0.2) is 0 Å². The molecule has 1 saturated carbocycles. The van der Waals surface area contributed by atoms with Gasteiger partial charge in [-0.15, -0.1) is 0 Å². The average Bonchev–Trinajstić information content (AvgIpc) is 2.71. The maximum absolute atomic E-state index is 5.53. The molecule has 3 atom stereocenters. The number of hydrogen-bond donors (Lipinski definition) is 2. The Kier molecular flexibility index (Phi) is 4.17. The lowest BCUT2D eigenvalue weighted by Crippen LogP contribution is -2.24. The first-order valence-electron chi connectivity index (χ1n) is 6.64. The lowest BCUT2D eigenvalue weighted by atomic mass is 9.93. The lowest BCUT2D eigenvalue weighted by Gasteiger charge is -2.21. The molecular weight excluding hydrogens is 242 g/mol. The minimum Gasteiger partial charge on any atom is -0.388 e. The van der Waals surface area contributed by atoms with Crippen LogP contribution in [-0.4, -0.2) is 16.0 Å². The monoisotopic (exact) mass is 263 g/mol. The van der Waals surface area contributed by atoms with Crippen molar-refractivity contribution in [2.24, 2.45) is 17.6 Å². The smallest absolute Gasteiger partial charge is 0.122 e. The second-order valence-corrected chi connectivity index (χ2v) is 5.59. The van der Waals surface area contributed by atoms with Crippen LogP contribution in [0.15, 0.2) is 18.3 Å². The predicted molar refractivity (Wildman–Crippen MR) is 79.7 cm³/mol. The van der Waals surface area contributed by atoms with E-state index in [0.717, 1.165) is 17.5 Å². The minimum absolute atomic E-state index is 0.349. The first-order valence-corrected chi connectivity index (χ1v) is 7.05. The van der Waals surface area contributed by atoms with Crippen molar-refractivity contribution in [1.29, 1.82) is 0 Å². The third-order valence-corrected chi connectivity index (χ3v) is 4.33. The highest BCUT2D eigenvalue weighted by molar-refractivity contribution is 7.80. The summed E-state index contributed by atoms with van der Waals surface area (Å²) in [4.78, 5) is 4.60. The summed E-state index contributed by atoms with van der Waals surface area (Å²) in [6.45, 7) is 4.62. The number of pyridine rings is 1. The molecule has 2 rings (SSSR count). The molecule has 98 valence electrons. The molecule has 1 aromatic heterocycles. The molecule has 1 aliphatic carbocycles. The van der Waals surface area contributed by atoms with E-state index in [9.17, 15) is 0 Å². The first kappa shape index (κ1) is 13.3.